The summed E-state index contributed by atoms with van der Waals surface area (Å²) in [5.74, 6) is -0.751. The van der Waals surface area contributed by atoms with Crippen LogP contribution in [0, 0.1) is 11.3 Å². The average Bonchev–Trinajstić information content (AvgIpc) is 2.83. The molecule has 3 rings (SSSR count). The first-order valence-electron chi connectivity index (χ1n) is 9.75. The summed E-state index contributed by atoms with van der Waals surface area (Å²) < 4.78 is 11.1. The first-order valence-corrected chi connectivity index (χ1v) is 9.75. The van der Waals surface area contributed by atoms with Crippen LogP contribution in [0.5, 0.6) is 17.2 Å². The summed E-state index contributed by atoms with van der Waals surface area (Å²) in [6.45, 7) is 0.130. The number of phenolic OH excluding ortho intramolecular Hbond substituents is 1. The Morgan fingerprint density at radius 2 is 1.82 bits per heavy atom. The summed E-state index contributed by atoms with van der Waals surface area (Å²) in [5.41, 5.74) is 1.71. The van der Waals surface area contributed by atoms with E-state index >= 15 is 0 Å². The number of aromatic carboxylic acids is 1. The van der Waals surface area contributed by atoms with E-state index in [0.717, 1.165) is 0 Å². The fourth-order valence-corrected chi connectivity index (χ4v) is 2.91. The Morgan fingerprint density at radius 3 is 2.48 bits per heavy atom. The van der Waals surface area contributed by atoms with Crippen LogP contribution < -0.4 is 14.8 Å². The van der Waals surface area contributed by atoms with Crippen LogP contribution in [0.25, 0.3) is 6.08 Å². The summed E-state index contributed by atoms with van der Waals surface area (Å²) >= 11 is 0. The van der Waals surface area contributed by atoms with E-state index in [1.54, 1.807) is 30.3 Å². The van der Waals surface area contributed by atoms with Crippen LogP contribution in [-0.4, -0.2) is 29.2 Å². The molecule has 0 bridgehead atoms. The fraction of sp³-hybridized carbons (Fsp3) is 0.0800. The molecular weight excluding hydrogens is 424 g/mol. The Labute approximate surface area is 189 Å². The van der Waals surface area contributed by atoms with Gasteiger partial charge in [-0.05, 0) is 65.7 Å². The smallest absolute Gasteiger partial charge is 0.335 e. The third-order valence-corrected chi connectivity index (χ3v) is 4.56. The van der Waals surface area contributed by atoms with Gasteiger partial charge >= 0.3 is 5.97 Å². The van der Waals surface area contributed by atoms with E-state index in [-0.39, 0.29) is 23.5 Å². The minimum Gasteiger partial charge on any atom is -0.508 e. The molecule has 8 nitrogen and oxygen atoms in total. The van der Waals surface area contributed by atoms with Crippen LogP contribution >= 0.6 is 0 Å². The number of nitrogens with one attached hydrogen (secondary N) is 1. The lowest BCUT2D eigenvalue weighted by atomic mass is 10.1. The van der Waals surface area contributed by atoms with Crippen molar-refractivity contribution < 1.29 is 29.3 Å². The van der Waals surface area contributed by atoms with Crippen molar-refractivity contribution in [1.29, 1.82) is 5.26 Å². The fourth-order valence-electron chi connectivity index (χ4n) is 2.91. The number of ether oxygens (including phenoxy) is 2. The second kappa shape index (κ2) is 10.5. The third kappa shape index (κ3) is 6.12. The van der Waals surface area contributed by atoms with Gasteiger partial charge in [-0.25, -0.2) is 4.79 Å². The minimum absolute atomic E-state index is 0.0630. The maximum absolute atomic E-state index is 12.4. The van der Waals surface area contributed by atoms with E-state index in [0.29, 0.717) is 28.3 Å². The second-order valence-electron chi connectivity index (χ2n) is 6.88. The number of amides is 1. The molecule has 0 saturated carbocycles. The molecule has 0 aliphatic rings. The summed E-state index contributed by atoms with van der Waals surface area (Å²) in [5, 5.41) is 30.4. The Kier molecular flexibility index (Phi) is 7.29. The largest absolute Gasteiger partial charge is 0.508 e. The highest BCUT2D eigenvalue weighted by Crippen LogP contribution is 2.30. The predicted octanol–water partition coefficient (Wildman–Crippen LogP) is 4.22. The lowest BCUT2D eigenvalue weighted by Crippen LogP contribution is -2.13. The molecule has 0 aliphatic carbocycles. The van der Waals surface area contributed by atoms with Gasteiger partial charge < -0.3 is 25.0 Å². The number of hydrogen-bond acceptors (Lipinski definition) is 6. The number of rotatable bonds is 8. The number of phenols is 1. The first-order chi connectivity index (χ1) is 15.9. The molecule has 1 amide bonds. The van der Waals surface area contributed by atoms with Gasteiger partial charge in [0.2, 0.25) is 0 Å². The zero-order chi connectivity index (χ0) is 23.8. The number of carbonyl (C=O) groups is 2. The van der Waals surface area contributed by atoms with Crippen LogP contribution in [-0.2, 0) is 11.4 Å². The number of anilines is 1. The van der Waals surface area contributed by atoms with E-state index in [2.05, 4.69) is 5.32 Å². The SMILES string of the molecule is COc1cc(C=C(C#N)C(=O)Nc2ccc(O)cc2)ccc1OCc1cccc(C(=O)O)c1. The molecule has 0 aromatic heterocycles. The summed E-state index contributed by atoms with van der Waals surface area (Å²) in [6, 6.07) is 19.1. The highest BCUT2D eigenvalue weighted by molar-refractivity contribution is 6.09. The molecule has 0 aliphatic heterocycles. The van der Waals surface area contributed by atoms with Gasteiger partial charge in [-0.15, -0.1) is 0 Å². The zero-order valence-corrected chi connectivity index (χ0v) is 17.6. The molecule has 0 radical (unpaired) electrons. The Bertz CT molecular complexity index is 1240. The summed E-state index contributed by atoms with van der Waals surface area (Å²) in [6.07, 6.45) is 1.42. The second-order valence-corrected chi connectivity index (χ2v) is 6.88. The van der Waals surface area contributed by atoms with Crippen molar-refractivity contribution >= 4 is 23.6 Å². The van der Waals surface area contributed by atoms with Gasteiger partial charge in [0.25, 0.3) is 5.91 Å². The predicted molar refractivity (Wildman–Crippen MR) is 121 cm³/mol. The molecule has 33 heavy (non-hydrogen) atoms. The summed E-state index contributed by atoms with van der Waals surface area (Å²) in [7, 11) is 1.46. The first kappa shape index (κ1) is 22.9. The molecule has 3 aromatic carbocycles. The monoisotopic (exact) mass is 444 g/mol. The standard InChI is InChI=1S/C25H20N2O6/c1-32-23-13-16(11-19(14-26)24(29)27-20-6-8-21(28)9-7-20)5-10-22(23)33-15-17-3-2-4-18(12-17)25(30)31/h2-13,28H,15H2,1H3,(H,27,29)(H,30,31). The molecule has 166 valence electrons. The quantitative estimate of drug-likeness (QED) is 0.269. The normalized spacial score (nSPS) is 10.7. The van der Waals surface area contributed by atoms with E-state index in [1.807, 2.05) is 6.07 Å². The number of carbonyl (C=O) groups excluding carboxylic acids is 1. The number of hydrogen-bond donors (Lipinski definition) is 3. The van der Waals surface area contributed by atoms with Crippen molar-refractivity contribution in [3.8, 4) is 23.3 Å². The van der Waals surface area contributed by atoms with Gasteiger partial charge in [-0.3, -0.25) is 4.79 Å². The Hall–Kier alpha value is -4.77. The molecule has 0 atom stereocenters. The third-order valence-electron chi connectivity index (χ3n) is 4.56. The Morgan fingerprint density at radius 1 is 1.06 bits per heavy atom. The number of carboxylic acid groups (broad SMARTS) is 1. The highest BCUT2D eigenvalue weighted by Gasteiger charge is 2.12. The van der Waals surface area contributed by atoms with Crippen LogP contribution in [0.1, 0.15) is 21.5 Å². The maximum Gasteiger partial charge on any atom is 0.335 e. The van der Waals surface area contributed by atoms with Crippen LogP contribution in [0.4, 0.5) is 5.69 Å². The topological polar surface area (TPSA) is 129 Å². The molecule has 3 aromatic rings. The minimum atomic E-state index is -1.02. The van der Waals surface area contributed by atoms with E-state index in [1.165, 1.54) is 49.6 Å². The van der Waals surface area contributed by atoms with Crippen LogP contribution in [0.2, 0.25) is 0 Å². The molecule has 0 spiro atoms. The molecule has 0 saturated heterocycles. The molecule has 3 N–H and O–H groups in total. The van der Waals surface area contributed by atoms with Crippen molar-refractivity contribution in [2.75, 3.05) is 12.4 Å². The number of nitriles is 1. The van der Waals surface area contributed by atoms with Crippen molar-refractivity contribution in [3.05, 3.63) is 89.0 Å². The number of methoxy groups -OCH3 is 1. The van der Waals surface area contributed by atoms with E-state index < -0.39 is 11.9 Å². The number of benzene rings is 3. The van der Waals surface area contributed by atoms with Crippen molar-refractivity contribution in [1.82, 2.24) is 0 Å². The highest BCUT2D eigenvalue weighted by atomic mass is 16.5. The average molecular weight is 444 g/mol. The van der Waals surface area contributed by atoms with Gasteiger partial charge in [0.15, 0.2) is 11.5 Å². The molecular formula is C25H20N2O6. The van der Waals surface area contributed by atoms with Gasteiger partial charge in [0.1, 0.15) is 24.0 Å². The van der Waals surface area contributed by atoms with E-state index in [4.69, 9.17) is 14.6 Å². The van der Waals surface area contributed by atoms with Gasteiger partial charge in [-0.1, -0.05) is 18.2 Å². The lowest BCUT2D eigenvalue weighted by molar-refractivity contribution is -0.112. The van der Waals surface area contributed by atoms with Gasteiger partial charge in [-0.2, -0.15) is 5.26 Å². The van der Waals surface area contributed by atoms with Crippen molar-refractivity contribution in [2.24, 2.45) is 0 Å². The molecule has 0 heterocycles. The summed E-state index contributed by atoms with van der Waals surface area (Å²) in [4.78, 5) is 23.5. The zero-order valence-electron chi connectivity index (χ0n) is 17.6. The maximum atomic E-state index is 12.4. The van der Waals surface area contributed by atoms with Crippen molar-refractivity contribution in [2.45, 2.75) is 6.61 Å². The number of nitrogens with zero attached hydrogens (tertiary/aromatic N) is 1. The molecule has 0 fully saturated rings. The molecule has 0 unspecified atom stereocenters. The van der Waals surface area contributed by atoms with Crippen LogP contribution in [0.15, 0.2) is 72.3 Å². The van der Waals surface area contributed by atoms with E-state index in [9.17, 15) is 20.0 Å². The van der Waals surface area contributed by atoms with Gasteiger partial charge in [0, 0.05) is 5.69 Å². The van der Waals surface area contributed by atoms with Gasteiger partial charge in [0.05, 0.1) is 12.7 Å². The Balaban J connectivity index is 1.74. The number of aromatic hydroxyl groups is 1. The lowest BCUT2D eigenvalue weighted by Gasteiger charge is -2.12. The number of carboxylic acids is 1. The van der Waals surface area contributed by atoms with Crippen molar-refractivity contribution in [3.63, 3.8) is 0 Å². The van der Waals surface area contributed by atoms with Crippen LogP contribution in [0.3, 0.4) is 0 Å². The molecule has 8 heteroatoms.